The number of anilines is 1. The zero-order chi connectivity index (χ0) is 11.0. The number of nitrogens with two attached hydrogens (primary N) is 1. The predicted octanol–water partition coefficient (Wildman–Crippen LogP) is 2.74. The zero-order valence-corrected chi connectivity index (χ0v) is 10.2. The quantitative estimate of drug-likeness (QED) is 0.862. The van der Waals surface area contributed by atoms with Crippen LogP contribution in [-0.4, -0.2) is 9.78 Å². The van der Waals surface area contributed by atoms with E-state index >= 15 is 0 Å². The molecule has 0 saturated heterocycles. The molecule has 2 N–H and O–H groups in total. The van der Waals surface area contributed by atoms with Gasteiger partial charge in [-0.25, -0.2) is 0 Å². The first kappa shape index (κ1) is 10.2. The number of hydrogen-bond acceptors (Lipinski definition) is 2. The molecular weight excluding hydrogens is 254 g/mol. The maximum absolute atomic E-state index is 5.94. The molecule has 4 heteroatoms. The second kappa shape index (κ2) is 3.70. The summed E-state index contributed by atoms with van der Waals surface area (Å²) in [4.78, 5) is 0. The van der Waals surface area contributed by atoms with Gasteiger partial charge in [-0.2, -0.15) is 5.10 Å². The fourth-order valence-corrected chi connectivity index (χ4v) is 1.90. The molecule has 3 nitrogen and oxygen atoms in total. The SMILES string of the molecule is Cc1ccc(Br)cc1-c1cnn(C)c1N. The normalized spacial score (nSPS) is 10.6. The van der Waals surface area contributed by atoms with Crippen molar-refractivity contribution >= 4 is 21.7 Å². The van der Waals surface area contributed by atoms with Crippen molar-refractivity contribution in [3.8, 4) is 11.1 Å². The second-order valence-corrected chi connectivity index (χ2v) is 4.44. The lowest BCUT2D eigenvalue weighted by atomic mass is 10.0. The number of nitrogens with zero attached hydrogens (tertiary/aromatic N) is 2. The van der Waals surface area contributed by atoms with Gasteiger partial charge in [-0.15, -0.1) is 0 Å². The number of benzene rings is 1. The summed E-state index contributed by atoms with van der Waals surface area (Å²) in [7, 11) is 1.84. The van der Waals surface area contributed by atoms with Crippen molar-refractivity contribution in [2.24, 2.45) is 7.05 Å². The van der Waals surface area contributed by atoms with E-state index in [0.717, 1.165) is 15.6 Å². The van der Waals surface area contributed by atoms with Crippen LogP contribution in [0.5, 0.6) is 0 Å². The molecule has 78 valence electrons. The molecule has 1 heterocycles. The fourth-order valence-electron chi connectivity index (χ4n) is 1.54. The standard InChI is InChI=1S/C11H12BrN3/c1-7-3-4-8(12)5-9(7)10-6-14-15(2)11(10)13/h3-6H,13H2,1-2H3. The van der Waals surface area contributed by atoms with E-state index in [1.54, 1.807) is 10.9 Å². The third-order valence-electron chi connectivity index (χ3n) is 2.47. The van der Waals surface area contributed by atoms with Crippen molar-refractivity contribution in [2.75, 3.05) is 5.73 Å². The Bertz CT molecular complexity index is 503. The summed E-state index contributed by atoms with van der Waals surface area (Å²) in [6.07, 6.45) is 1.80. The van der Waals surface area contributed by atoms with E-state index in [-0.39, 0.29) is 0 Å². The largest absolute Gasteiger partial charge is 0.383 e. The van der Waals surface area contributed by atoms with Crippen LogP contribution in [0.3, 0.4) is 0 Å². The van der Waals surface area contributed by atoms with Crippen LogP contribution in [-0.2, 0) is 7.05 Å². The number of halogens is 1. The van der Waals surface area contributed by atoms with Gasteiger partial charge in [0, 0.05) is 17.1 Å². The summed E-state index contributed by atoms with van der Waals surface area (Å²) >= 11 is 3.46. The Morgan fingerprint density at radius 1 is 1.33 bits per heavy atom. The summed E-state index contributed by atoms with van der Waals surface area (Å²) < 4.78 is 2.72. The zero-order valence-electron chi connectivity index (χ0n) is 8.66. The van der Waals surface area contributed by atoms with Crippen molar-refractivity contribution in [1.82, 2.24) is 9.78 Å². The predicted molar refractivity (Wildman–Crippen MR) is 65.5 cm³/mol. The van der Waals surface area contributed by atoms with E-state index in [1.807, 2.05) is 13.1 Å². The minimum Gasteiger partial charge on any atom is -0.383 e. The number of hydrogen-bond donors (Lipinski definition) is 1. The van der Waals surface area contributed by atoms with Gasteiger partial charge in [-0.1, -0.05) is 22.0 Å². The van der Waals surface area contributed by atoms with E-state index in [4.69, 9.17) is 5.73 Å². The van der Waals surface area contributed by atoms with E-state index < -0.39 is 0 Å². The summed E-state index contributed by atoms with van der Waals surface area (Å²) in [5.74, 6) is 0.691. The van der Waals surface area contributed by atoms with Gasteiger partial charge in [0.15, 0.2) is 0 Å². The average molecular weight is 266 g/mol. The van der Waals surface area contributed by atoms with Gasteiger partial charge >= 0.3 is 0 Å². The molecule has 2 aromatic rings. The van der Waals surface area contributed by atoms with Crippen LogP contribution in [0.1, 0.15) is 5.56 Å². The van der Waals surface area contributed by atoms with E-state index in [1.165, 1.54) is 5.56 Å². The summed E-state index contributed by atoms with van der Waals surface area (Å²) in [5.41, 5.74) is 9.23. The Hall–Kier alpha value is -1.29. The molecule has 1 aromatic carbocycles. The molecule has 2 rings (SSSR count). The number of aromatic nitrogens is 2. The molecule has 0 aliphatic rings. The van der Waals surface area contributed by atoms with Crippen LogP contribution >= 0.6 is 15.9 Å². The molecule has 0 radical (unpaired) electrons. The number of rotatable bonds is 1. The lowest BCUT2D eigenvalue weighted by molar-refractivity contribution is 0.779. The molecular formula is C11H12BrN3. The molecule has 0 saturated carbocycles. The van der Waals surface area contributed by atoms with Gasteiger partial charge < -0.3 is 5.73 Å². The van der Waals surface area contributed by atoms with Gasteiger partial charge in [0.2, 0.25) is 0 Å². The van der Waals surface area contributed by atoms with Gasteiger partial charge in [0.1, 0.15) is 5.82 Å². The first-order valence-corrected chi connectivity index (χ1v) is 5.43. The molecule has 0 unspecified atom stereocenters. The number of aryl methyl sites for hydroxylation is 2. The molecule has 0 bridgehead atoms. The maximum atomic E-state index is 5.94. The minimum atomic E-state index is 0.691. The highest BCUT2D eigenvalue weighted by Crippen LogP contribution is 2.30. The molecule has 0 amide bonds. The van der Waals surface area contributed by atoms with Crippen molar-refractivity contribution < 1.29 is 0 Å². The first-order valence-electron chi connectivity index (χ1n) is 4.63. The fraction of sp³-hybridized carbons (Fsp3) is 0.182. The van der Waals surface area contributed by atoms with Gasteiger partial charge in [0.05, 0.1) is 6.20 Å². The van der Waals surface area contributed by atoms with Crippen LogP contribution in [0.2, 0.25) is 0 Å². The number of nitrogen functional groups attached to an aromatic ring is 1. The minimum absolute atomic E-state index is 0.691. The Morgan fingerprint density at radius 3 is 2.67 bits per heavy atom. The second-order valence-electron chi connectivity index (χ2n) is 3.53. The van der Waals surface area contributed by atoms with Crippen molar-refractivity contribution in [3.05, 3.63) is 34.4 Å². The Morgan fingerprint density at radius 2 is 2.07 bits per heavy atom. The Labute approximate surface area is 97.0 Å². The van der Waals surface area contributed by atoms with Gasteiger partial charge in [-0.05, 0) is 30.2 Å². The van der Waals surface area contributed by atoms with Crippen molar-refractivity contribution in [3.63, 3.8) is 0 Å². The Kier molecular flexibility index (Phi) is 2.52. The van der Waals surface area contributed by atoms with Crippen LogP contribution in [0.4, 0.5) is 5.82 Å². The van der Waals surface area contributed by atoms with Crippen LogP contribution < -0.4 is 5.73 Å². The molecule has 0 atom stereocenters. The van der Waals surface area contributed by atoms with Crippen LogP contribution in [0.15, 0.2) is 28.9 Å². The topological polar surface area (TPSA) is 43.8 Å². The van der Waals surface area contributed by atoms with Crippen LogP contribution in [0.25, 0.3) is 11.1 Å². The van der Waals surface area contributed by atoms with Crippen molar-refractivity contribution in [2.45, 2.75) is 6.92 Å². The highest BCUT2D eigenvalue weighted by atomic mass is 79.9. The molecule has 0 fully saturated rings. The Balaban J connectivity index is 2.63. The molecule has 0 spiro atoms. The van der Waals surface area contributed by atoms with Crippen LogP contribution in [0, 0.1) is 6.92 Å². The lowest BCUT2D eigenvalue weighted by Crippen LogP contribution is -1.98. The van der Waals surface area contributed by atoms with E-state index in [2.05, 4.69) is 40.1 Å². The summed E-state index contributed by atoms with van der Waals surface area (Å²) in [6.45, 7) is 2.06. The van der Waals surface area contributed by atoms with Gasteiger partial charge in [-0.3, -0.25) is 4.68 Å². The van der Waals surface area contributed by atoms with E-state index in [9.17, 15) is 0 Å². The summed E-state index contributed by atoms with van der Waals surface area (Å²) in [5, 5.41) is 4.14. The maximum Gasteiger partial charge on any atom is 0.129 e. The third-order valence-corrected chi connectivity index (χ3v) is 2.97. The molecule has 0 aliphatic heterocycles. The smallest absolute Gasteiger partial charge is 0.129 e. The summed E-state index contributed by atoms with van der Waals surface area (Å²) in [6, 6.07) is 6.14. The molecule has 0 aliphatic carbocycles. The highest BCUT2D eigenvalue weighted by Gasteiger charge is 2.09. The van der Waals surface area contributed by atoms with Gasteiger partial charge in [0.25, 0.3) is 0 Å². The first-order chi connectivity index (χ1) is 7.09. The lowest BCUT2D eigenvalue weighted by Gasteiger charge is -2.05. The monoisotopic (exact) mass is 265 g/mol. The van der Waals surface area contributed by atoms with E-state index in [0.29, 0.717) is 5.82 Å². The molecule has 1 aromatic heterocycles. The van der Waals surface area contributed by atoms with Crippen molar-refractivity contribution in [1.29, 1.82) is 0 Å². The molecule has 15 heavy (non-hydrogen) atoms. The third kappa shape index (κ3) is 1.77. The highest BCUT2D eigenvalue weighted by molar-refractivity contribution is 9.10. The average Bonchev–Trinajstić information content (AvgIpc) is 2.52.